The van der Waals surface area contributed by atoms with Crippen LogP contribution in [0.2, 0.25) is 0 Å². The first kappa shape index (κ1) is 24.1. The minimum absolute atomic E-state index is 0.0772. The molecule has 7 heteroatoms. The third-order valence-electron chi connectivity index (χ3n) is 6.14. The van der Waals surface area contributed by atoms with E-state index in [4.69, 9.17) is 4.74 Å². The smallest absolute Gasteiger partial charge is 0.338 e. The van der Waals surface area contributed by atoms with Crippen molar-refractivity contribution in [2.24, 2.45) is 0 Å². The number of esters is 1. The number of ether oxygens (including phenoxy) is 1. The fourth-order valence-corrected chi connectivity index (χ4v) is 4.24. The van der Waals surface area contributed by atoms with Gasteiger partial charge in [-0.05, 0) is 73.7 Å². The molecule has 0 fully saturated rings. The Morgan fingerprint density at radius 1 is 1.00 bits per heavy atom. The first-order chi connectivity index (χ1) is 16.8. The van der Waals surface area contributed by atoms with Crippen LogP contribution in [0.25, 0.3) is 5.69 Å². The molecule has 0 saturated heterocycles. The molecule has 0 unspecified atom stereocenters. The largest absolute Gasteiger partial charge is 0.462 e. The summed E-state index contributed by atoms with van der Waals surface area (Å²) in [6.07, 6.45) is 1.63. The van der Waals surface area contributed by atoms with Crippen LogP contribution in [-0.4, -0.2) is 28.8 Å². The number of ketones is 1. The van der Waals surface area contributed by atoms with Crippen LogP contribution in [0.5, 0.6) is 0 Å². The maximum Gasteiger partial charge on any atom is 0.338 e. The summed E-state index contributed by atoms with van der Waals surface area (Å²) in [4.78, 5) is 51.3. The Morgan fingerprint density at radius 2 is 1.69 bits per heavy atom. The number of benzene rings is 2. The number of carbonyl (C=O) groups excluding carboxylic acids is 3. The third kappa shape index (κ3) is 4.94. The molecule has 0 radical (unpaired) electrons. The van der Waals surface area contributed by atoms with E-state index in [0.29, 0.717) is 53.4 Å². The number of nitrogens with one attached hydrogen (secondary N) is 1. The average Bonchev–Trinajstić information content (AvgIpc) is 2.84. The number of aromatic nitrogens is 1. The van der Waals surface area contributed by atoms with Gasteiger partial charge in [0, 0.05) is 29.1 Å². The van der Waals surface area contributed by atoms with Gasteiger partial charge in [-0.25, -0.2) is 4.79 Å². The Labute approximate surface area is 203 Å². The van der Waals surface area contributed by atoms with Crippen LogP contribution in [-0.2, 0) is 11.2 Å². The summed E-state index contributed by atoms with van der Waals surface area (Å²) in [5.41, 5.74) is 2.99. The van der Waals surface area contributed by atoms with E-state index in [1.165, 1.54) is 10.6 Å². The fraction of sp³-hybridized carbons (Fsp3) is 0.286. The van der Waals surface area contributed by atoms with E-state index in [1.807, 2.05) is 24.3 Å². The second-order valence-corrected chi connectivity index (χ2v) is 8.83. The standard InChI is InChI=1S/C28H28N2O5/c1-4-35-28(34)19-8-12-20(13-9-19)29-26(32)23-16-22-24(6-5-7-25(22)31)30(27(23)33)21-14-10-18(11-15-21)17(2)3/h8-17H,4-7H2,1-3H3,(H,29,32). The SMILES string of the molecule is CCOC(=O)c1ccc(NC(=O)c2cc3c(n(-c4ccc(C(C)C)cc4)c2=O)CCCC3=O)cc1. The molecular formula is C28H28N2O5. The highest BCUT2D eigenvalue weighted by Crippen LogP contribution is 2.25. The van der Waals surface area contributed by atoms with Crippen LogP contribution in [0.3, 0.4) is 0 Å². The number of carbonyl (C=O) groups is 3. The first-order valence-electron chi connectivity index (χ1n) is 11.8. The summed E-state index contributed by atoms with van der Waals surface area (Å²) in [7, 11) is 0. The van der Waals surface area contributed by atoms with Crippen molar-refractivity contribution in [2.45, 2.75) is 46.0 Å². The number of Topliss-reactive ketones (excluding diaryl/α,β-unsaturated/α-hetero) is 1. The zero-order valence-corrected chi connectivity index (χ0v) is 20.1. The van der Waals surface area contributed by atoms with Crippen molar-refractivity contribution in [3.8, 4) is 5.69 Å². The van der Waals surface area contributed by atoms with Gasteiger partial charge in [0.25, 0.3) is 11.5 Å². The van der Waals surface area contributed by atoms with Gasteiger partial charge in [0.15, 0.2) is 5.78 Å². The van der Waals surface area contributed by atoms with Crippen LogP contribution >= 0.6 is 0 Å². The van der Waals surface area contributed by atoms with E-state index in [0.717, 1.165) is 5.56 Å². The Hall–Kier alpha value is -4.00. The van der Waals surface area contributed by atoms with Crippen molar-refractivity contribution < 1.29 is 19.1 Å². The van der Waals surface area contributed by atoms with Crippen LogP contribution in [0.1, 0.15) is 81.9 Å². The maximum absolute atomic E-state index is 13.5. The molecular weight excluding hydrogens is 444 g/mol. The van der Waals surface area contributed by atoms with Gasteiger partial charge in [0.1, 0.15) is 5.56 Å². The van der Waals surface area contributed by atoms with E-state index in [-0.39, 0.29) is 18.0 Å². The zero-order chi connectivity index (χ0) is 25.1. The van der Waals surface area contributed by atoms with Crippen LogP contribution in [0, 0.1) is 0 Å². The molecule has 35 heavy (non-hydrogen) atoms. The number of amides is 1. The van der Waals surface area contributed by atoms with E-state index >= 15 is 0 Å². The lowest BCUT2D eigenvalue weighted by Gasteiger charge is -2.22. The van der Waals surface area contributed by atoms with Crippen LogP contribution in [0.4, 0.5) is 5.69 Å². The van der Waals surface area contributed by atoms with Crippen LogP contribution in [0.15, 0.2) is 59.4 Å². The number of pyridine rings is 1. The van der Waals surface area contributed by atoms with Gasteiger partial charge in [0.2, 0.25) is 0 Å². The van der Waals surface area contributed by atoms with Gasteiger partial charge in [-0.3, -0.25) is 19.0 Å². The molecule has 180 valence electrons. The van der Waals surface area contributed by atoms with Crippen LogP contribution < -0.4 is 10.9 Å². The number of hydrogen-bond donors (Lipinski definition) is 1. The van der Waals surface area contributed by atoms with Crippen molar-refractivity contribution in [3.05, 3.63) is 92.9 Å². The fourth-order valence-electron chi connectivity index (χ4n) is 4.24. The molecule has 1 aliphatic rings. The number of fused-ring (bicyclic) bond motifs is 1. The molecule has 0 spiro atoms. The molecule has 0 aliphatic heterocycles. The van der Waals surface area contributed by atoms with E-state index < -0.39 is 17.4 Å². The van der Waals surface area contributed by atoms with E-state index in [9.17, 15) is 19.2 Å². The number of anilines is 1. The highest BCUT2D eigenvalue weighted by atomic mass is 16.5. The number of rotatable bonds is 6. The molecule has 1 aromatic heterocycles. The normalized spacial score (nSPS) is 12.9. The summed E-state index contributed by atoms with van der Waals surface area (Å²) in [5.74, 6) is -0.812. The third-order valence-corrected chi connectivity index (χ3v) is 6.14. The van der Waals surface area contributed by atoms with Crippen molar-refractivity contribution in [1.82, 2.24) is 4.57 Å². The summed E-state index contributed by atoms with van der Waals surface area (Å²) >= 11 is 0. The Bertz CT molecular complexity index is 1340. The minimum atomic E-state index is -0.618. The molecule has 3 aromatic rings. The molecule has 1 heterocycles. The zero-order valence-electron chi connectivity index (χ0n) is 20.1. The van der Waals surface area contributed by atoms with Gasteiger partial charge < -0.3 is 10.1 Å². The predicted molar refractivity (Wildman–Crippen MR) is 134 cm³/mol. The van der Waals surface area contributed by atoms with Gasteiger partial charge in [-0.2, -0.15) is 0 Å². The molecule has 0 saturated carbocycles. The lowest BCUT2D eigenvalue weighted by Crippen LogP contribution is -2.33. The second kappa shape index (κ2) is 10.1. The molecule has 4 rings (SSSR count). The average molecular weight is 473 g/mol. The van der Waals surface area contributed by atoms with Gasteiger partial charge in [-0.15, -0.1) is 0 Å². The lowest BCUT2D eigenvalue weighted by molar-refractivity contribution is 0.0526. The van der Waals surface area contributed by atoms with Crippen molar-refractivity contribution in [3.63, 3.8) is 0 Å². The Morgan fingerprint density at radius 3 is 2.31 bits per heavy atom. The van der Waals surface area contributed by atoms with Gasteiger partial charge in [-0.1, -0.05) is 26.0 Å². The minimum Gasteiger partial charge on any atom is -0.462 e. The molecule has 2 aromatic carbocycles. The summed E-state index contributed by atoms with van der Waals surface area (Å²) in [5, 5.41) is 2.71. The van der Waals surface area contributed by atoms with Crippen molar-refractivity contribution in [1.29, 1.82) is 0 Å². The molecule has 1 amide bonds. The van der Waals surface area contributed by atoms with Crippen molar-refractivity contribution >= 4 is 23.3 Å². The summed E-state index contributed by atoms with van der Waals surface area (Å²) < 4.78 is 6.47. The highest BCUT2D eigenvalue weighted by Gasteiger charge is 2.26. The van der Waals surface area contributed by atoms with Gasteiger partial charge in [0.05, 0.1) is 12.2 Å². The Kier molecular flexibility index (Phi) is 6.96. The lowest BCUT2D eigenvalue weighted by atomic mass is 9.92. The molecule has 7 nitrogen and oxygen atoms in total. The number of nitrogens with zero attached hydrogens (tertiary/aromatic N) is 1. The monoisotopic (exact) mass is 472 g/mol. The maximum atomic E-state index is 13.5. The molecule has 0 bridgehead atoms. The first-order valence-corrected chi connectivity index (χ1v) is 11.8. The van der Waals surface area contributed by atoms with E-state index in [2.05, 4.69) is 19.2 Å². The van der Waals surface area contributed by atoms with E-state index in [1.54, 1.807) is 31.2 Å². The summed E-state index contributed by atoms with van der Waals surface area (Å²) in [6.45, 7) is 6.17. The molecule has 1 aliphatic carbocycles. The predicted octanol–water partition coefficient (Wildman–Crippen LogP) is 4.91. The molecule has 1 N–H and O–H groups in total. The summed E-state index contributed by atoms with van der Waals surface area (Å²) in [6, 6.07) is 15.3. The topological polar surface area (TPSA) is 94.5 Å². The van der Waals surface area contributed by atoms with Gasteiger partial charge >= 0.3 is 5.97 Å². The Balaban J connectivity index is 1.72. The second-order valence-electron chi connectivity index (χ2n) is 8.83. The quantitative estimate of drug-likeness (QED) is 0.515. The molecule has 0 atom stereocenters. The highest BCUT2D eigenvalue weighted by molar-refractivity contribution is 6.07. The number of hydrogen-bond acceptors (Lipinski definition) is 5. The van der Waals surface area contributed by atoms with Crippen molar-refractivity contribution in [2.75, 3.05) is 11.9 Å².